The molecule has 0 aliphatic carbocycles. The van der Waals surface area contributed by atoms with Crippen LogP contribution in [0.2, 0.25) is 5.02 Å². The van der Waals surface area contributed by atoms with Crippen molar-refractivity contribution in [1.29, 1.82) is 5.26 Å². The normalized spacial score (nSPS) is 10.4. The van der Waals surface area contributed by atoms with Crippen molar-refractivity contribution in [3.8, 4) is 17.6 Å². The van der Waals surface area contributed by atoms with Gasteiger partial charge < -0.3 is 10.1 Å². The van der Waals surface area contributed by atoms with Gasteiger partial charge in [-0.3, -0.25) is 4.79 Å². The second-order valence-corrected chi connectivity index (χ2v) is 7.65. The first-order valence-corrected chi connectivity index (χ1v) is 10.1. The number of carbonyl (C=O) groups excluding carboxylic acids is 1. The van der Waals surface area contributed by atoms with Crippen molar-refractivity contribution in [3.05, 3.63) is 87.4 Å². The number of benzene rings is 3. The van der Waals surface area contributed by atoms with E-state index in [1.807, 2.05) is 56.3 Å². The minimum absolute atomic E-state index is 0.154. The van der Waals surface area contributed by atoms with Gasteiger partial charge >= 0.3 is 0 Å². The number of anilines is 1. The van der Waals surface area contributed by atoms with E-state index in [9.17, 15) is 4.79 Å². The van der Waals surface area contributed by atoms with Crippen LogP contribution in [0.25, 0.3) is 0 Å². The van der Waals surface area contributed by atoms with Gasteiger partial charge in [-0.25, -0.2) is 0 Å². The lowest BCUT2D eigenvalue weighted by Crippen LogP contribution is -2.14. The van der Waals surface area contributed by atoms with E-state index < -0.39 is 0 Å². The summed E-state index contributed by atoms with van der Waals surface area (Å²) in [6.07, 6.45) is 1.08. The Bertz CT molecular complexity index is 1130. The van der Waals surface area contributed by atoms with Gasteiger partial charge in [0.2, 0.25) is 5.91 Å². The van der Waals surface area contributed by atoms with Crippen molar-refractivity contribution in [2.75, 3.05) is 5.32 Å². The molecule has 4 nitrogen and oxygen atoms in total. The van der Waals surface area contributed by atoms with E-state index in [2.05, 4.69) is 18.3 Å². The average molecular weight is 419 g/mol. The van der Waals surface area contributed by atoms with Gasteiger partial charge in [0.05, 0.1) is 28.8 Å². The van der Waals surface area contributed by atoms with Crippen molar-refractivity contribution in [3.63, 3.8) is 0 Å². The number of halogens is 1. The summed E-state index contributed by atoms with van der Waals surface area (Å²) >= 11 is 6.27. The maximum atomic E-state index is 12.5. The molecule has 1 amide bonds. The number of rotatable bonds is 6. The monoisotopic (exact) mass is 418 g/mol. The summed E-state index contributed by atoms with van der Waals surface area (Å²) in [5.74, 6) is 1.09. The van der Waals surface area contributed by atoms with Crippen LogP contribution in [0.3, 0.4) is 0 Å². The molecule has 0 unspecified atom stereocenters. The van der Waals surface area contributed by atoms with Gasteiger partial charge in [-0.2, -0.15) is 5.26 Å². The molecular formula is C25H23ClN2O2. The first kappa shape index (κ1) is 21.4. The molecule has 0 atom stereocenters. The Hall–Kier alpha value is -3.29. The number of hydrogen-bond acceptors (Lipinski definition) is 3. The minimum Gasteiger partial charge on any atom is -0.457 e. The van der Waals surface area contributed by atoms with Crippen molar-refractivity contribution < 1.29 is 9.53 Å². The highest BCUT2D eigenvalue weighted by atomic mass is 35.5. The van der Waals surface area contributed by atoms with E-state index in [1.54, 1.807) is 12.1 Å². The Balaban J connectivity index is 1.74. The first-order chi connectivity index (χ1) is 14.4. The number of ether oxygens (including phenoxy) is 1. The zero-order valence-electron chi connectivity index (χ0n) is 17.3. The van der Waals surface area contributed by atoms with E-state index in [0.29, 0.717) is 27.8 Å². The number of carbonyl (C=O) groups is 1. The maximum Gasteiger partial charge on any atom is 0.228 e. The molecule has 0 heterocycles. The molecule has 0 saturated heterocycles. The molecule has 0 spiro atoms. The maximum absolute atomic E-state index is 12.5. The smallest absolute Gasteiger partial charge is 0.228 e. The summed E-state index contributed by atoms with van der Waals surface area (Å²) < 4.78 is 6.01. The fraction of sp³-hybridized carbons (Fsp3) is 0.200. The lowest BCUT2D eigenvalue weighted by atomic mass is 10.1. The Labute approximate surface area is 182 Å². The zero-order valence-corrected chi connectivity index (χ0v) is 18.0. The van der Waals surface area contributed by atoms with Gasteiger partial charge in [-0.05, 0) is 78.9 Å². The molecule has 3 aromatic carbocycles. The van der Waals surface area contributed by atoms with E-state index >= 15 is 0 Å². The van der Waals surface area contributed by atoms with Gasteiger partial charge in [0.1, 0.15) is 11.5 Å². The van der Waals surface area contributed by atoms with Gasteiger partial charge in [0.25, 0.3) is 0 Å². The zero-order chi connectivity index (χ0) is 21.7. The van der Waals surface area contributed by atoms with Crippen LogP contribution < -0.4 is 10.1 Å². The molecule has 0 radical (unpaired) electrons. The summed E-state index contributed by atoms with van der Waals surface area (Å²) in [5.41, 5.74) is 4.98. The Morgan fingerprint density at radius 3 is 2.53 bits per heavy atom. The lowest BCUT2D eigenvalue weighted by molar-refractivity contribution is -0.115. The Morgan fingerprint density at radius 1 is 1.07 bits per heavy atom. The fourth-order valence-electron chi connectivity index (χ4n) is 3.12. The van der Waals surface area contributed by atoms with E-state index in [-0.39, 0.29) is 12.3 Å². The molecule has 0 aliphatic rings. The van der Waals surface area contributed by atoms with Crippen molar-refractivity contribution in [2.24, 2.45) is 0 Å². The van der Waals surface area contributed by atoms with E-state index in [4.69, 9.17) is 21.6 Å². The molecular weight excluding hydrogens is 396 g/mol. The summed E-state index contributed by atoms with van der Waals surface area (Å²) in [6, 6.07) is 18.8. The van der Waals surface area contributed by atoms with Gasteiger partial charge in [0, 0.05) is 0 Å². The average Bonchev–Trinajstić information content (AvgIpc) is 2.71. The van der Waals surface area contributed by atoms with Crippen LogP contribution in [0.15, 0.2) is 54.6 Å². The fourth-order valence-corrected chi connectivity index (χ4v) is 3.37. The van der Waals surface area contributed by atoms with Crippen molar-refractivity contribution in [1.82, 2.24) is 0 Å². The third kappa shape index (κ3) is 5.40. The van der Waals surface area contributed by atoms with Gasteiger partial charge in [0.15, 0.2) is 0 Å². The highest BCUT2D eigenvalue weighted by Crippen LogP contribution is 2.28. The van der Waals surface area contributed by atoms with E-state index in [1.165, 1.54) is 0 Å². The molecule has 3 aromatic rings. The highest BCUT2D eigenvalue weighted by Gasteiger charge is 2.10. The predicted octanol–water partition coefficient (Wildman–Crippen LogP) is 6.36. The third-order valence-electron chi connectivity index (χ3n) is 4.74. The molecule has 5 heteroatoms. The van der Waals surface area contributed by atoms with Crippen LogP contribution in [0.5, 0.6) is 11.5 Å². The molecule has 30 heavy (non-hydrogen) atoms. The molecule has 0 fully saturated rings. The van der Waals surface area contributed by atoms with Crippen molar-refractivity contribution >= 4 is 23.2 Å². The second-order valence-electron chi connectivity index (χ2n) is 7.24. The Morgan fingerprint density at radius 2 is 1.83 bits per heavy atom. The van der Waals surface area contributed by atoms with Crippen LogP contribution >= 0.6 is 11.6 Å². The summed E-state index contributed by atoms with van der Waals surface area (Å²) in [4.78, 5) is 12.5. The van der Waals surface area contributed by atoms with Crippen LogP contribution in [0, 0.1) is 25.2 Å². The molecule has 3 rings (SSSR count). The number of nitrogens with zero attached hydrogens (tertiary/aromatic N) is 1. The number of hydrogen-bond donors (Lipinski definition) is 1. The van der Waals surface area contributed by atoms with E-state index in [0.717, 1.165) is 28.7 Å². The van der Waals surface area contributed by atoms with Crippen LogP contribution in [-0.2, 0) is 17.6 Å². The quantitative estimate of drug-likeness (QED) is 0.506. The molecule has 0 bridgehead atoms. The third-order valence-corrected chi connectivity index (χ3v) is 5.05. The number of nitriles is 1. The molecule has 0 aliphatic heterocycles. The SMILES string of the molecule is CCc1ccc(NC(=O)Cc2ccc(C)c(Oc3cc(C)cc(C#N)c3)c2)c(Cl)c1. The number of nitrogens with one attached hydrogen (secondary N) is 1. The number of amides is 1. The first-order valence-electron chi connectivity index (χ1n) is 9.75. The minimum atomic E-state index is -0.154. The highest BCUT2D eigenvalue weighted by molar-refractivity contribution is 6.33. The number of aryl methyl sites for hydroxylation is 3. The molecule has 152 valence electrons. The second kappa shape index (κ2) is 9.47. The lowest BCUT2D eigenvalue weighted by Gasteiger charge is -2.12. The van der Waals surface area contributed by atoms with Gasteiger partial charge in [-0.1, -0.05) is 36.7 Å². The Kier molecular flexibility index (Phi) is 6.76. The van der Waals surface area contributed by atoms with Gasteiger partial charge in [-0.15, -0.1) is 0 Å². The molecule has 1 N–H and O–H groups in total. The topological polar surface area (TPSA) is 62.1 Å². The predicted molar refractivity (Wildman–Crippen MR) is 120 cm³/mol. The van der Waals surface area contributed by atoms with Crippen LogP contribution in [0.4, 0.5) is 5.69 Å². The summed E-state index contributed by atoms with van der Waals surface area (Å²) in [7, 11) is 0. The summed E-state index contributed by atoms with van der Waals surface area (Å²) in [5, 5.41) is 12.6. The largest absolute Gasteiger partial charge is 0.457 e. The molecule has 0 saturated carbocycles. The van der Waals surface area contributed by atoms with Crippen molar-refractivity contribution in [2.45, 2.75) is 33.6 Å². The van der Waals surface area contributed by atoms with Crippen LogP contribution in [-0.4, -0.2) is 5.91 Å². The van der Waals surface area contributed by atoms with Crippen LogP contribution in [0.1, 0.15) is 34.7 Å². The summed E-state index contributed by atoms with van der Waals surface area (Å²) in [6.45, 7) is 5.91. The molecule has 0 aromatic heterocycles. The standard InChI is InChI=1S/C25H23ClN2O2/c1-4-18-7-8-23(22(26)12-18)28-25(29)14-19-6-5-17(3)24(13-19)30-21-10-16(2)9-20(11-21)15-27/h5-13H,4,14H2,1-3H3,(H,28,29).